The van der Waals surface area contributed by atoms with Gasteiger partial charge in [-0.15, -0.1) is 12.4 Å². The highest BCUT2D eigenvalue weighted by molar-refractivity contribution is 5.99. The van der Waals surface area contributed by atoms with Crippen molar-refractivity contribution in [2.24, 2.45) is 0 Å². The summed E-state index contributed by atoms with van der Waals surface area (Å²) in [7, 11) is 0. The summed E-state index contributed by atoms with van der Waals surface area (Å²) in [6.07, 6.45) is 3.01. The molecular weight excluding hydrogens is 314 g/mol. The lowest BCUT2D eigenvalue weighted by atomic mass is 10.0. The zero-order valence-corrected chi connectivity index (χ0v) is 13.8. The number of nitrogens with one attached hydrogen (secondary N) is 3. The van der Waals surface area contributed by atoms with Gasteiger partial charge < -0.3 is 15.6 Å². The van der Waals surface area contributed by atoms with Crippen molar-refractivity contribution in [2.45, 2.75) is 13.3 Å². The molecule has 0 saturated carbocycles. The topological polar surface area (TPSA) is 74.0 Å². The van der Waals surface area contributed by atoms with Crippen LogP contribution in [0.2, 0.25) is 0 Å². The first-order chi connectivity index (χ1) is 10.7. The standard InChI is InChI=1S/C17H19N3O2.ClH/c1-11-13-4-2-3-5-14(13)20-17(22)15(11)16(21)19-10-12-6-8-18-9-7-12;/h2-6,18H,7-10H2,1H3,(H,19,21)(H,20,22);1H. The lowest BCUT2D eigenvalue weighted by Gasteiger charge is -2.15. The van der Waals surface area contributed by atoms with Gasteiger partial charge in [-0.25, -0.2) is 0 Å². The van der Waals surface area contributed by atoms with Crippen molar-refractivity contribution < 1.29 is 4.79 Å². The van der Waals surface area contributed by atoms with E-state index in [9.17, 15) is 9.59 Å². The number of rotatable bonds is 3. The molecule has 0 spiro atoms. The lowest BCUT2D eigenvalue weighted by molar-refractivity contribution is 0.0954. The molecule has 1 aromatic carbocycles. The minimum atomic E-state index is -0.340. The third kappa shape index (κ3) is 3.63. The zero-order valence-electron chi connectivity index (χ0n) is 12.9. The van der Waals surface area contributed by atoms with E-state index in [0.29, 0.717) is 6.54 Å². The van der Waals surface area contributed by atoms with Crippen LogP contribution in [0.1, 0.15) is 22.3 Å². The number of carbonyl (C=O) groups is 1. The van der Waals surface area contributed by atoms with Gasteiger partial charge in [0.1, 0.15) is 5.56 Å². The Morgan fingerprint density at radius 2 is 2.09 bits per heavy atom. The number of para-hydroxylation sites is 1. The van der Waals surface area contributed by atoms with Crippen LogP contribution in [0.5, 0.6) is 0 Å². The number of H-pyrrole nitrogens is 1. The number of benzene rings is 1. The van der Waals surface area contributed by atoms with Crippen LogP contribution in [0.4, 0.5) is 0 Å². The average Bonchev–Trinajstić information content (AvgIpc) is 2.54. The Kier molecular flexibility index (Phi) is 5.58. The molecule has 23 heavy (non-hydrogen) atoms. The summed E-state index contributed by atoms with van der Waals surface area (Å²) in [5, 5.41) is 6.98. The second-order valence-electron chi connectivity index (χ2n) is 5.50. The summed E-state index contributed by atoms with van der Waals surface area (Å²) >= 11 is 0. The van der Waals surface area contributed by atoms with Gasteiger partial charge in [-0.05, 0) is 31.5 Å². The van der Waals surface area contributed by atoms with Gasteiger partial charge in [0, 0.05) is 24.0 Å². The smallest absolute Gasteiger partial charge is 0.261 e. The fourth-order valence-electron chi connectivity index (χ4n) is 2.79. The van der Waals surface area contributed by atoms with Crippen LogP contribution < -0.4 is 16.2 Å². The van der Waals surface area contributed by atoms with Crippen LogP contribution in [-0.2, 0) is 0 Å². The number of amides is 1. The van der Waals surface area contributed by atoms with Crippen LogP contribution in [0, 0.1) is 6.92 Å². The second-order valence-corrected chi connectivity index (χ2v) is 5.50. The van der Waals surface area contributed by atoms with Crippen LogP contribution in [0.3, 0.4) is 0 Å². The largest absolute Gasteiger partial charge is 0.348 e. The van der Waals surface area contributed by atoms with Crippen LogP contribution >= 0.6 is 12.4 Å². The monoisotopic (exact) mass is 333 g/mol. The number of pyridine rings is 1. The SMILES string of the molecule is Cc1c(C(=O)NCC2=CCNCC2)c(=O)[nH]c2ccccc12.Cl. The summed E-state index contributed by atoms with van der Waals surface area (Å²) in [6.45, 7) is 4.07. The van der Waals surface area contributed by atoms with Crippen molar-refractivity contribution in [3.63, 3.8) is 0 Å². The quantitative estimate of drug-likeness (QED) is 0.751. The Bertz CT molecular complexity index is 811. The van der Waals surface area contributed by atoms with E-state index >= 15 is 0 Å². The predicted molar refractivity (Wildman–Crippen MR) is 94.5 cm³/mol. The van der Waals surface area contributed by atoms with Gasteiger partial charge in [-0.2, -0.15) is 0 Å². The molecule has 2 heterocycles. The maximum absolute atomic E-state index is 12.4. The first kappa shape index (κ1) is 17.2. The lowest BCUT2D eigenvalue weighted by Crippen LogP contribution is -2.33. The van der Waals surface area contributed by atoms with Crippen molar-refractivity contribution in [1.29, 1.82) is 0 Å². The maximum atomic E-state index is 12.4. The van der Waals surface area contributed by atoms with Gasteiger partial charge in [0.2, 0.25) is 0 Å². The Balaban J connectivity index is 0.00000192. The molecule has 0 aliphatic carbocycles. The molecule has 1 aliphatic heterocycles. The zero-order chi connectivity index (χ0) is 15.5. The molecule has 0 fully saturated rings. The normalized spacial score (nSPS) is 14.0. The second kappa shape index (κ2) is 7.44. The Hall–Kier alpha value is -2.11. The average molecular weight is 334 g/mol. The molecule has 3 N–H and O–H groups in total. The number of fused-ring (bicyclic) bond motifs is 1. The van der Waals surface area contributed by atoms with Crippen molar-refractivity contribution in [1.82, 2.24) is 15.6 Å². The minimum absolute atomic E-state index is 0. The molecule has 122 valence electrons. The first-order valence-electron chi connectivity index (χ1n) is 7.45. The molecule has 0 atom stereocenters. The summed E-state index contributed by atoms with van der Waals surface area (Å²) in [4.78, 5) is 27.4. The summed E-state index contributed by atoms with van der Waals surface area (Å²) in [6, 6.07) is 7.51. The summed E-state index contributed by atoms with van der Waals surface area (Å²) in [5.74, 6) is -0.316. The molecule has 6 heteroatoms. The fourth-order valence-corrected chi connectivity index (χ4v) is 2.79. The van der Waals surface area contributed by atoms with Gasteiger partial charge in [-0.1, -0.05) is 29.8 Å². The molecular formula is C17H20ClN3O2. The predicted octanol–water partition coefficient (Wildman–Crippen LogP) is 1.91. The van der Waals surface area contributed by atoms with Gasteiger partial charge in [-0.3, -0.25) is 9.59 Å². The third-order valence-corrected chi connectivity index (χ3v) is 4.04. The number of hydrogen-bond acceptors (Lipinski definition) is 3. The molecule has 5 nitrogen and oxygen atoms in total. The number of carbonyl (C=O) groups excluding carboxylic acids is 1. The van der Waals surface area contributed by atoms with E-state index in [4.69, 9.17) is 0 Å². The van der Waals surface area contributed by atoms with Crippen LogP contribution in [0.15, 0.2) is 40.7 Å². The van der Waals surface area contributed by atoms with Gasteiger partial charge >= 0.3 is 0 Å². The molecule has 0 radical (unpaired) electrons. The van der Waals surface area contributed by atoms with Crippen molar-refractivity contribution in [3.05, 3.63) is 57.4 Å². The van der Waals surface area contributed by atoms with Crippen LogP contribution in [0.25, 0.3) is 10.9 Å². The third-order valence-electron chi connectivity index (χ3n) is 4.04. The number of aromatic amines is 1. The highest BCUT2D eigenvalue weighted by Crippen LogP contribution is 2.16. The van der Waals surface area contributed by atoms with E-state index in [-0.39, 0.29) is 29.4 Å². The summed E-state index contributed by atoms with van der Waals surface area (Å²) in [5.41, 5.74) is 2.53. The van der Waals surface area contributed by atoms with Gasteiger partial charge in [0.15, 0.2) is 0 Å². The van der Waals surface area contributed by atoms with Gasteiger partial charge in [0.05, 0.1) is 0 Å². The van der Waals surface area contributed by atoms with E-state index in [1.165, 1.54) is 5.57 Å². The molecule has 2 aromatic rings. The number of aromatic nitrogens is 1. The van der Waals surface area contributed by atoms with Crippen molar-refractivity contribution >= 4 is 29.2 Å². The van der Waals surface area contributed by atoms with E-state index in [1.807, 2.05) is 31.2 Å². The Morgan fingerprint density at radius 1 is 1.30 bits per heavy atom. The van der Waals surface area contributed by atoms with Crippen molar-refractivity contribution in [2.75, 3.05) is 19.6 Å². The number of halogens is 1. The summed E-state index contributed by atoms with van der Waals surface area (Å²) < 4.78 is 0. The van der Waals surface area contributed by atoms with Crippen molar-refractivity contribution in [3.8, 4) is 0 Å². The van der Waals surface area contributed by atoms with E-state index in [1.54, 1.807) is 0 Å². The molecule has 3 rings (SSSR count). The molecule has 0 bridgehead atoms. The molecule has 1 aromatic heterocycles. The fraction of sp³-hybridized carbons (Fsp3) is 0.294. The highest BCUT2D eigenvalue weighted by atomic mass is 35.5. The molecule has 0 unspecified atom stereocenters. The van der Waals surface area contributed by atoms with Gasteiger partial charge in [0.25, 0.3) is 11.5 Å². The van der Waals surface area contributed by atoms with E-state index in [2.05, 4.69) is 21.7 Å². The van der Waals surface area contributed by atoms with Crippen LogP contribution in [-0.4, -0.2) is 30.5 Å². The molecule has 1 amide bonds. The maximum Gasteiger partial charge on any atom is 0.261 e. The number of hydrogen-bond donors (Lipinski definition) is 3. The Morgan fingerprint density at radius 3 is 2.83 bits per heavy atom. The molecule has 1 aliphatic rings. The first-order valence-corrected chi connectivity index (χ1v) is 7.45. The van der Waals surface area contributed by atoms with E-state index in [0.717, 1.165) is 36.0 Å². The number of aryl methyl sites for hydroxylation is 1. The minimum Gasteiger partial charge on any atom is -0.348 e. The Labute approximate surface area is 140 Å². The molecule has 0 saturated heterocycles. The highest BCUT2D eigenvalue weighted by Gasteiger charge is 2.16. The van der Waals surface area contributed by atoms with E-state index < -0.39 is 0 Å².